The van der Waals surface area contributed by atoms with Gasteiger partial charge in [0.05, 0.1) is 18.1 Å². The van der Waals surface area contributed by atoms with E-state index in [0.717, 1.165) is 11.4 Å². The van der Waals surface area contributed by atoms with E-state index in [1.165, 1.54) is 5.56 Å². The fourth-order valence-electron chi connectivity index (χ4n) is 0.976. The molecule has 0 amide bonds. The highest BCUT2D eigenvalue weighted by Crippen LogP contribution is 2.05. The van der Waals surface area contributed by atoms with Gasteiger partial charge >= 0.3 is 0 Å². The number of hydrogen-bond donors (Lipinski definition) is 1. The lowest BCUT2D eigenvalue weighted by Gasteiger charge is -2.01. The van der Waals surface area contributed by atoms with E-state index in [9.17, 15) is 0 Å². The van der Waals surface area contributed by atoms with Crippen molar-refractivity contribution in [1.82, 2.24) is 4.98 Å². The number of hydrogen-bond acceptors (Lipinski definition) is 2. The minimum atomic E-state index is 0.573. The van der Waals surface area contributed by atoms with Gasteiger partial charge in [0, 0.05) is 5.69 Å². The molecule has 0 atom stereocenters. The molecule has 0 saturated carbocycles. The molecule has 2 N–H and O–H groups in total. The Bertz CT molecular complexity index is 325. The van der Waals surface area contributed by atoms with Gasteiger partial charge < -0.3 is 5.73 Å². The number of nitrogens with zero attached hydrogens (tertiary/aromatic N) is 2. The van der Waals surface area contributed by atoms with Crippen LogP contribution in [0.2, 0.25) is 0 Å². The van der Waals surface area contributed by atoms with Gasteiger partial charge in [-0.05, 0) is 32.4 Å². The summed E-state index contributed by atoms with van der Waals surface area (Å²) < 4.78 is 0. The number of amidine groups is 1. The van der Waals surface area contributed by atoms with E-state index in [4.69, 9.17) is 5.73 Å². The monoisotopic (exact) mass is 177 g/mol. The van der Waals surface area contributed by atoms with Crippen molar-refractivity contribution in [2.24, 2.45) is 10.7 Å². The summed E-state index contributed by atoms with van der Waals surface area (Å²) in [5, 5.41) is 0. The average molecular weight is 177 g/mol. The van der Waals surface area contributed by atoms with Crippen LogP contribution < -0.4 is 5.73 Å². The highest BCUT2D eigenvalue weighted by atomic mass is 14.9. The summed E-state index contributed by atoms with van der Waals surface area (Å²) in [7, 11) is 0. The van der Waals surface area contributed by atoms with E-state index in [2.05, 4.69) is 16.0 Å². The van der Waals surface area contributed by atoms with Gasteiger partial charge in [-0.1, -0.05) is 6.07 Å². The Kier molecular flexibility index (Phi) is 3.01. The molecular weight excluding hydrogens is 162 g/mol. The first-order chi connectivity index (χ1) is 6.09. The van der Waals surface area contributed by atoms with Crippen LogP contribution in [0, 0.1) is 13.8 Å². The van der Waals surface area contributed by atoms with Crippen molar-refractivity contribution in [2.75, 3.05) is 0 Å². The zero-order valence-electron chi connectivity index (χ0n) is 8.33. The largest absolute Gasteiger partial charge is 0.388 e. The lowest BCUT2D eigenvalue weighted by molar-refractivity contribution is 0.956. The molecule has 0 aliphatic rings. The summed E-state index contributed by atoms with van der Waals surface area (Å²) in [5.41, 5.74) is 8.66. The zero-order valence-corrected chi connectivity index (χ0v) is 8.33. The molecule has 1 aromatic heterocycles. The van der Waals surface area contributed by atoms with Crippen LogP contribution >= 0.6 is 0 Å². The second kappa shape index (κ2) is 4.03. The SMILES string of the molecule is CC(N)=NCc1ccc(C)c(C)n1. The molecule has 0 aromatic carbocycles. The fraction of sp³-hybridized carbons (Fsp3) is 0.400. The van der Waals surface area contributed by atoms with E-state index in [-0.39, 0.29) is 0 Å². The maximum Gasteiger partial charge on any atom is 0.0910 e. The molecule has 0 aliphatic heterocycles. The molecule has 3 nitrogen and oxygen atoms in total. The van der Waals surface area contributed by atoms with Gasteiger partial charge in [0.1, 0.15) is 0 Å². The molecule has 0 spiro atoms. The quantitative estimate of drug-likeness (QED) is 0.550. The van der Waals surface area contributed by atoms with Crippen molar-refractivity contribution >= 4 is 5.84 Å². The molecule has 0 aliphatic carbocycles. The Morgan fingerprint density at radius 2 is 2.15 bits per heavy atom. The molecule has 3 heteroatoms. The van der Waals surface area contributed by atoms with Crippen LogP contribution in [0.1, 0.15) is 23.9 Å². The highest BCUT2D eigenvalue weighted by molar-refractivity contribution is 5.77. The average Bonchev–Trinajstić information content (AvgIpc) is 2.07. The summed E-state index contributed by atoms with van der Waals surface area (Å²) in [6, 6.07) is 4.04. The third kappa shape index (κ3) is 2.86. The summed E-state index contributed by atoms with van der Waals surface area (Å²) >= 11 is 0. The van der Waals surface area contributed by atoms with E-state index >= 15 is 0 Å². The van der Waals surface area contributed by atoms with Crippen molar-refractivity contribution in [2.45, 2.75) is 27.3 Å². The number of aromatic nitrogens is 1. The minimum Gasteiger partial charge on any atom is -0.388 e. The first-order valence-electron chi connectivity index (χ1n) is 4.29. The van der Waals surface area contributed by atoms with Gasteiger partial charge in [0.2, 0.25) is 0 Å². The van der Waals surface area contributed by atoms with Crippen molar-refractivity contribution in [1.29, 1.82) is 0 Å². The second-order valence-corrected chi connectivity index (χ2v) is 3.16. The Balaban J connectivity index is 2.80. The number of rotatable bonds is 2. The summed E-state index contributed by atoms with van der Waals surface area (Å²) in [6.45, 7) is 6.39. The lowest BCUT2D eigenvalue weighted by atomic mass is 10.2. The minimum absolute atomic E-state index is 0.573. The van der Waals surface area contributed by atoms with Crippen LogP contribution in [0.15, 0.2) is 17.1 Å². The predicted octanol–water partition coefficient (Wildman–Crippen LogP) is 1.58. The number of pyridine rings is 1. The maximum absolute atomic E-state index is 5.43. The van der Waals surface area contributed by atoms with Crippen molar-refractivity contribution in [3.05, 3.63) is 29.1 Å². The first kappa shape index (κ1) is 9.71. The Labute approximate surface area is 78.7 Å². The van der Waals surface area contributed by atoms with Crippen LogP contribution in [-0.4, -0.2) is 10.8 Å². The third-order valence-corrected chi connectivity index (χ3v) is 1.90. The number of nitrogens with two attached hydrogens (primary N) is 1. The van der Waals surface area contributed by atoms with Crippen LogP contribution in [0.3, 0.4) is 0 Å². The predicted molar refractivity (Wildman–Crippen MR) is 54.7 cm³/mol. The van der Waals surface area contributed by atoms with Crippen molar-refractivity contribution < 1.29 is 0 Å². The molecule has 0 radical (unpaired) electrons. The van der Waals surface area contributed by atoms with Gasteiger partial charge in [0.25, 0.3) is 0 Å². The standard InChI is InChI=1S/C10H15N3/c1-7-4-5-10(13-8(7)2)6-12-9(3)11/h4-5H,6H2,1-3H3,(H2,11,12). The summed E-state index contributed by atoms with van der Waals surface area (Å²) in [6.07, 6.45) is 0. The van der Waals surface area contributed by atoms with Crippen LogP contribution in [0.4, 0.5) is 0 Å². The molecule has 70 valence electrons. The van der Waals surface area contributed by atoms with Gasteiger partial charge in [-0.15, -0.1) is 0 Å². The van der Waals surface area contributed by atoms with Crippen LogP contribution in [0.5, 0.6) is 0 Å². The Hall–Kier alpha value is -1.38. The molecule has 13 heavy (non-hydrogen) atoms. The fourth-order valence-corrected chi connectivity index (χ4v) is 0.976. The van der Waals surface area contributed by atoms with Gasteiger partial charge in [-0.3, -0.25) is 9.98 Å². The topological polar surface area (TPSA) is 51.3 Å². The lowest BCUT2D eigenvalue weighted by Crippen LogP contribution is -2.06. The molecule has 1 aromatic rings. The second-order valence-electron chi connectivity index (χ2n) is 3.16. The summed E-state index contributed by atoms with van der Waals surface area (Å²) in [5.74, 6) is 0.597. The van der Waals surface area contributed by atoms with E-state index in [1.807, 2.05) is 19.9 Å². The molecule has 0 saturated heterocycles. The van der Waals surface area contributed by atoms with Crippen LogP contribution in [-0.2, 0) is 6.54 Å². The van der Waals surface area contributed by atoms with Crippen molar-refractivity contribution in [3.8, 4) is 0 Å². The first-order valence-corrected chi connectivity index (χ1v) is 4.29. The maximum atomic E-state index is 5.43. The third-order valence-electron chi connectivity index (χ3n) is 1.90. The number of aliphatic imine (C=N–C) groups is 1. The van der Waals surface area contributed by atoms with Gasteiger partial charge in [-0.25, -0.2) is 0 Å². The van der Waals surface area contributed by atoms with Crippen LogP contribution in [0.25, 0.3) is 0 Å². The van der Waals surface area contributed by atoms with E-state index in [0.29, 0.717) is 12.4 Å². The molecular formula is C10H15N3. The smallest absolute Gasteiger partial charge is 0.0910 e. The highest BCUT2D eigenvalue weighted by Gasteiger charge is 1.96. The molecule has 1 rings (SSSR count). The Morgan fingerprint density at radius 3 is 2.69 bits per heavy atom. The van der Waals surface area contributed by atoms with Crippen molar-refractivity contribution in [3.63, 3.8) is 0 Å². The van der Waals surface area contributed by atoms with Gasteiger partial charge in [0.15, 0.2) is 0 Å². The normalized spacial score (nSPS) is 11.8. The molecule has 0 bridgehead atoms. The molecule has 0 fully saturated rings. The zero-order chi connectivity index (χ0) is 9.84. The molecule has 0 unspecified atom stereocenters. The number of aryl methyl sites for hydroxylation is 2. The van der Waals surface area contributed by atoms with E-state index in [1.54, 1.807) is 6.92 Å². The summed E-state index contributed by atoms with van der Waals surface area (Å²) in [4.78, 5) is 8.48. The Morgan fingerprint density at radius 1 is 1.46 bits per heavy atom. The molecule has 1 heterocycles. The van der Waals surface area contributed by atoms with E-state index < -0.39 is 0 Å². The van der Waals surface area contributed by atoms with Gasteiger partial charge in [-0.2, -0.15) is 0 Å².